The molecule has 0 amide bonds. The van der Waals surface area contributed by atoms with Gasteiger partial charge in [-0.1, -0.05) is 54.6 Å². The van der Waals surface area contributed by atoms with Gasteiger partial charge < -0.3 is 13.8 Å². The molecule has 3 aromatic carbocycles. The Labute approximate surface area is 294 Å². The van der Waals surface area contributed by atoms with Gasteiger partial charge in [0.15, 0.2) is 45.7 Å². The zero-order valence-electron chi connectivity index (χ0n) is 27.0. The van der Waals surface area contributed by atoms with Gasteiger partial charge in [-0.3, -0.25) is 0 Å². The Bertz CT molecular complexity index is 2340. The summed E-state index contributed by atoms with van der Waals surface area (Å²) >= 11 is 0. The van der Waals surface area contributed by atoms with Crippen molar-refractivity contribution in [2.75, 3.05) is 7.11 Å². The largest absolute Gasteiger partial charge is 0.741 e. The van der Waals surface area contributed by atoms with Crippen molar-refractivity contribution >= 4 is 43.2 Å². The molecule has 0 fully saturated rings. The molecule has 0 saturated carbocycles. The Kier molecular flexibility index (Phi) is 10.8. The highest BCUT2D eigenvalue weighted by Crippen LogP contribution is 2.41. The van der Waals surface area contributed by atoms with E-state index in [9.17, 15) is 26.3 Å². The summed E-state index contributed by atoms with van der Waals surface area (Å²) in [4.78, 5) is 0. The fraction of sp³-hybridized carbons (Fsp3) is 0.200. The number of methoxy groups -OCH3 is 1. The van der Waals surface area contributed by atoms with Gasteiger partial charge in [0.2, 0.25) is 11.4 Å². The SMILES string of the molecule is COc1ccc(/C=C/c2cc[n+]3c(c2)-c2c(ccc4c2-c2c5ccccc5cc[n+]2CC4)CC3)cc1.O=S(=O)([O-])C(F)(F)F.O=S(=O)([O-])C(F)(F)F. The summed E-state index contributed by atoms with van der Waals surface area (Å²) in [6.07, 6.45) is 11.0. The molecule has 0 aliphatic carbocycles. The molecule has 7 rings (SSSR count). The average molecular weight is 767 g/mol. The van der Waals surface area contributed by atoms with Crippen LogP contribution < -0.4 is 13.9 Å². The normalized spacial score (nSPS) is 13.8. The number of ether oxygens (including phenoxy) is 1. The number of aromatic nitrogens is 2. The molecule has 0 unspecified atom stereocenters. The Balaban J connectivity index is 0.000000275. The molecule has 4 heterocycles. The molecule has 0 N–H and O–H groups in total. The lowest BCUT2D eigenvalue weighted by atomic mass is 9.83. The predicted molar refractivity (Wildman–Crippen MR) is 176 cm³/mol. The zero-order valence-corrected chi connectivity index (χ0v) is 28.6. The lowest BCUT2D eigenvalue weighted by molar-refractivity contribution is -0.689. The molecule has 2 aliphatic heterocycles. The molecule has 2 aromatic heterocycles. The second-order valence-corrected chi connectivity index (χ2v) is 14.3. The Morgan fingerprint density at radius 2 is 1.19 bits per heavy atom. The van der Waals surface area contributed by atoms with Gasteiger partial charge in [-0.05, 0) is 45.8 Å². The van der Waals surface area contributed by atoms with E-state index < -0.39 is 31.3 Å². The predicted octanol–water partition coefficient (Wildman–Crippen LogP) is 6.14. The summed E-state index contributed by atoms with van der Waals surface area (Å²) in [7, 11) is -10.5. The molecule has 0 radical (unpaired) electrons. The smallest absolute Gasteiger partial charge is 0.485 e. The van der Waals surface area contributed by atoms with Crippen LogP contribution in [-0.4, -0.2) is 44.1 Å². The van der Waals surface area contributed by atoms with Crippen molar-refractivity contribution in [3.63, 3.8) is 0 Å². The minimum atomic E-state index is -6.09. The number of alkyl halides is 6. The van der Waals surface area contributed by atoms with Crippen LogP contribution >= 0.6 is 0 Å². The molecular weight excluding hydrogens is 739 g/mol. The quantitative estimate of drug-likeness (QED) is 0.0933. The highest BCUT2D eigenvalue weighted by Gasteiger charge is 2.38. The van der Waals surface area contributed by atoms with Crippen LogP contribution in [0.1, 0.15) is 22.3 Å². The number of hydrogen-bond acceptors (Lipinski definition) is 7. The lowest BCUT2D eigenvalue weighted by Gasteiger charge is -2.23. The van der Waals surface area contributed by atoms with Crippen molar-refractivity contribution in [2.45, 2.75) is 36.9 Å². The van der Waals surface area contributed by atoms with E-state index in [1.807, 2.05) is 12.1 Å². The van der Waals surface area contributed by atoms with E-state index in [1.165, 1.54) is 50.0 Å². The first-order valence-corrected chi connectivity index (χ1v) is 18.1. The van der Waals surface area contributed by atoms with Gasteiger partial charge in [-0.15, -0.1) is 0 Å². The van der Waals surface area contributed by atoms with E-state index in [1.54, 1.807) is 7.11 Å². The van der Waals surface area contributed by atoms with Crippen LogP contribution in [0.25, 0.3) is 45.4 Å². The van der Waals surface area contributed by atoms with Crippen molar-refractivity contribution in [2.24, 2.45) is 0 Å². The van der Waals surface area contributed by atoms with E-state index in [0.29, 0.717) is 0 Å². The van der Waals surface area contributed by atoms with Gasteiger partial charge in [-0.25, -0.2) is 16.8 Å². The summed E-state index contributed by atoms with van der Waals surface area (Å²) in [6, 6.07) is 28.6. The molecular formula is C35H28F6N2O7S2. The highest BCUT2D eigenvalue weighted by molar-refractivity contribution is 7.86. The third-order valence-electron chi connectivity index (χ3n) is 8.26. The van der Waals surface area contributed by atoms with Crippen molar-refractivity contribution in [1.29, 1.82) is 0 Å². The number of hydrogen-bond donors (Lipinski definition) is 0. The number of halogens is 6. The minimum Gasteiger partial charge on any atom is -0.741 e. The number of rotatable bonds is 3. The fourth-order valence-electron chi connectivity index (χ4n) is 5.84. The molecule has 52 heavy (non-hydrogen) atoms. The van der Waals surface area contributed by atoms with Crippen LogP contribution in [0.4, 0.5) is 26.3 Å². The van der Waals surface area contributed by atoms with Crippen LogP contribution in [0.5, 0.6) is 5.75 Å². The topological polar surface area (TPSA) is 131 Å². The Morgan fingerprint density at radius 3 is 1.77 bits per heavy atom. The van der Waals surface area contributed by atoms with Gasteiger partial charge >= 0.3 is 11.0 Å². The van der Waals surface area contributed by atoms with E-state index >= 15 is 0 Å². The van der Waals surface area contributed by atoms with Gasteiger partial charge in [0, 0.05) is 31.0 Å². The summed E-state index contributed by atoms with van der Waals surface area (Å²) < 4.78 is 128. The maximum atomic E-state index is 10.7. The standard InChI is InChI=1S/C33H28N2O.2CHF3O3S/c1-36-28-12-8-23(9-13-28)6-7-24-14-18-34-19-16-26-10-11-27-17-21-35-20-15-25-4-2-3-5-29(25)33(35)32(27)31(26)30(34)22-24;2*2-1(3,4)8(5,6)7/h2-15,18,20,22H,16-17,19,21H2,1H3;2*(H,5,6,7)/q+2;;/p-2/b7-6+;;. The number of fused-ring (bicyclic) bond motifs is 9. The molecule has 9 nitrogen and oxygen atoms in total. The zero-order chi connectivity index (χ0) is 38.1. The molecule has 0 saturated heterocycles. The maximum Gasteiger partial charge on any atom is 0.485 e. The molecule has 5 aromatic rings. The first kappa shape index (κ1) is 38.4. The van der Waals surface area contributed by atoms with Crippen molar-refractivity contribution in [1.82, 2.24) is 0 Å². The monoisotopic (exact) mass is 766 g/mol. The van der Waals surface area contributed by atoms with Crippen LogP contribution in [0.3, 0.4) is 0 Å². The van der Waals surface area contributed by atoms with E-state index in [0.717, 1.165) is 37.2 Å². The van der Waals surface area contributed by atoms with Crippen molar-refractivity contribution in [3.8, 4) is 28.3 Å². The maximum absolute atomic E-state index is 10.7. The van der Waals surface area contributed by atoms with E-state index in [2.05, 4.69) is 100 Å². The molecule has 0 atom stereocenters. The second kappa shape index (κ2) is 14.7. The summed E-state index contributed by atoms with van der Waals surface area (Å²) in [5, 5.41) is 2.64. The highest BCUT2D eigenvalue weighted by atomic mass is 32.2. The van der Waals surface area contributed by atoms with E-state index in [-0.39, 0.29) is 0 Å². The van der Waals surface area contributed by atoms with Gasteiger partial charge in [0.05, 0.1) is 23.6 Å². The Morgan fingerprint density at radius 1 is 0.673 bits per heavy atom. The number of nitrogens with zero attached hydrogens (tertiary/aromatic N) is 2. The molecule has 274 valence electrons. The van der Waals surface area contributed by atoms with Gasteiger partial charge in [0.25, 0.3) is 0 Å². The summed E-state index contributed by atoms with van der Waals surface area (Å²) in [5.41, 5.74) is -0.516. The van der Waals surface area contributed by atoms with Crippen LogP contribution in [0.15, 0.2) is 91.3 Å². The van der Waals surface area contributed by atoms with Crippen LogP contribution in [0.2, 0.25) is 0 Å². The van der Waals surface area contributed by atoms with Crippen molar-refractivity contribution in [3.05, 3.63) is 114 Å². The van der Waals surface area contributed by atoms with E-state index in [4.69, 9.17) is 30.7 Å². The van der Waals surface area contributed by atoms with Gasteiger partial charge in [0.1, 0.15) is 5.75 Å². The first-order valence-electron chi connectivity index (χ1n) is 15.2. The summed E-state index contributed by atoms with van der Waals surface area (Å²) in [5.74, 6) is 0.879. The number of aryl methyl sites for hydroxylation is 4. The first-order chi connectivity index (χ1) is 24.3. The third kappa shape index (κ3) is 8.44. The molecule has 2 aliphatic rings. The number of pyridine rings is 2. The average Bonchev–Trinajstić information content (AvgIpc) is 3.09. The summed E-state index contributed by atoms with van der Waals surface area (Å²) in [6.45, 7) is 2.04. The third-order valence-corrected chi connectivity index (χ3v) is 9.40. The van der Waals surface area contributed by atoms with Crippen LogP contribution in [0, 0.1) is 0 Å². The molecule has 17 heteroatoms. The fourth-order valence-corrected chi connectivity index (χ4v) is 5.84. The molecule has 0 bridgehead atoms. The van der Waals surface area contributed by atoms with Crippen molar-refractivity contribution < 1.29 is 66.2 Å². The Hall–Kier alpha value is -4.84. The van der Waals surface area contributed by atoms with Crippen LogP contribution in [-0.2, 0) is 46.2 Å². The van der Waals surface area contributed by atoms with Gasteiger partial charge in [-0.2, -0.15) is 35.5 Å². The molecule has 0 spiro atoms. The number of benzene rings is 3. The lowest BCUT2D eigenvalue weighted by Crippen LogP contribution is -2.43. The second-order valence-electron chi connectivity index (χ2n) is 11.5. The minimum absolute atomic E-state index is 0.879.